The molecule has 3 saturated carbocycles. The zero-order valence-electron chi connectivity index (χ0n) is 28.4. The van der Waals surface area contributed by atoms with Crippen molar-refractivity contribution in [2.75, 3.05) is 81.6 Å². The van der Waals surface area contributed by atoms with E-state index in [4.69, 9.17) is 4.84 Å². The predicted molar refractivity (Wildman–Crippen MR) is 171 cm³/mol. The van der Waals surface area contributed by atoms with E-state index in [2.05, 4.69) is 79.6 Å². The number of quaternary nitrogens is 2. The van der Waals surface area contributed by atoms with E-state index in [0.717, 1.165) is 78.4 Å². The standard InChI is InChI=1S/C34H63N5O3/c1-25(36-42-32(41)37(21-23-39(7,8)9)20-18-35-19-22-38(4,5)6)29-12-13-30-28-11-10-26-24-27(40)14-16-33(26,2)31(28)15-17-34(29,30)3/h24,27-31,35,40H,10-23H2,1-9H3/q+2/b36-25+/t27-,28+,29-,30+,31+,33+,34-/m1/s1. The zero-order chi connectivity index (χ0) is 30.9. The van der Waals surface area contributed by atoms with E-state index in [-0.39, 0.29) is 23.0 Å². The van der Waals surface area contributed by atoms with Crippen LogP contribution in [0.5, 0.6) is 0 Å². The molecule has 3 fully saturated rings. The van der Waals surface area contributed by atoms with Crippen molar-refractivity contribution in [2.45, 2.75) is 78.2 Å². The number of nitrogens with zero attached hydrogens (tertiary/aromatic N) is 4. The van der Waals surface area contributed by atoms with E-state index in [1.165, 1.54) is 31.3 Å². The van der Waals surface area contributed by atoms with E-state index < -0.39 is 0 Å². The fourth-order valence-electron chi connectivity index (χ4n) is 9.10. The molecule has 2 N–H and O–H groups in total. The molecular weight excluding hydrogens is 526 g/mol. The lowest BCUT2D eigenvalue weighted by Gasteiger charge is -2.58. The quantitative estimate of drug-likeness (QED) is 0.0912. The van der Waals surface area contributed by atoms with E-state index >= 15 is 0 Å². The van der Waals surface area contributed by atoms with Crippen molar-refractivity contribution in [1.82, 2.24) is 10.2 Å². The molecule has 0 aromatic heterocycles. The molecule has 0 aliphatic heterocycles. The van der Waals surface area contributed by atoms with E-state index in [1.807, 2.05) is 4.90 Å². The van der Waals surface area contributed by atoms with Gasteiger partial charge < -0.3 is 19.4 Å². The number of hydrogen-bond acceptors (Lipinski definition) is 5. The second kappa shape index (κ2) is 12.9. The number of allylic oxidation sites excluding steroid dienone is 1. The number of aliphatic hydroxyl groups is 1. The molecule has 240 valence electrons. The van der Waals surface area contributed by atoms with Gasteiger partial charge >= 0.3 is 6.09 Å². The third kappa shape index (κ3) is 7.59. The Morgan fingerprint density at radius 2 is 1.69 bits per heavy atom. The van der Waals surface area contributed by atoms with Crippen LogP contribution in [0.15, 0.2) is 16.8 Å². The number of hydrogen-bond donors (Lipinski definition) is 2. The fraction of sp³-hybridized carbons (Fsp3) is 0.882. The minimum Gasteiger partial charge on any atom is -0.389 e. The van der Waals surface area contributed by atoms with Crippen molar-refractivity contribution in [2.24, 2.45) is 39.7 Å². The first-order chi connectivity index (χ1) is 19.5. The molecular formula is C34H63N5O3+2. The topological polar surface area (TPSA) is 74.2 Å². The van der Waals surface area contributed by atoms with Gasteiger partial charge in [-0.1, -0.05) is 30.7 Å². The molecule has 7 atom stereocenters. The van der Waals surface area contributed by atoms with E-state index in [0.29, 0.717) is 24.9 Å². The lowest BCUT2D eigenvalue weighted by Crippen LogP contribution is -2.51. The Hall–Kier alpha value is -1.48. The highest BCUT2D eigenvalue weighted by Crippen LogP contribution is 2.66. The van der Waals surface area contributed by atoms with E-state index in [9.17, 15) is 9.90 Å². The van der Waals surface area contributed by atoms with Crippen molar-refractivity contribution in [3.05, 3.63) is 11.6 Å². The summed E-state index contributed by atoms with van der Waals surface area (Å²) in [4.78, 5) is 20.8. The van der Waals surface area contributed by atoms with Crippen LogP contribution in [0.25, 0.3) is 0 Å². The summed E-state index contributed by atoms with van der Waals surface area (Å²) in [7, 11) is 13.0. The lowest BCUT2D eigenvalue weighted by atomic mass is 9.46. The van der Waals surface area contributed by atoms with Crippen molar-refractivity contribution in [3.63, 3.8) is 0 Å². The van der Waals surface area contributed by atoms with Crippen LogP contribution in [0.3, 0.4) is 0 Å². The van der Waals surface area contributed by atoms with Crippen LogP contribution >= 0.6 is 0 Å². The summed E-state index contributed by atoms with van der Waals surface area (Å²) in [6, 6.07) is 0. The molecule has 42 heavy (non-hydrogen) atoms. The predicted octanol–water partition coefficient (Wildman–Crippen LogP) is 4.74. The average molecular weight is 590 g/mol. The smallest absolute Gasteiger partial charge is 0.389 e. The summed E-state index contributed by atoms with van der Waals surface area (Å²) in [5, 5.41) is 18.3. The number of fused-ring (bicyclic) bond motifs is 5. The van der Waals surface area contributed by atoms with Crippen LogP contribution in [-0.2, 0) is 4.84 Å². The van der Waals surface area contributed by atoms with Crippen molar-refractivity contribution >= 4 is 11.8 Å². The molecule has 8 nitrogen and oxygen atoms in total. The molecule has 4 rings (SSSR count). The van der Waals surface area contributed by atoms with Crippen molar-refractivity contribution in [1.29, 1.82) is 0 Å². The van der Waals surface area contributed by atoms with Gasteiger partial charge in [-0.25, -0.2) is 4.79 Å². The first kappa shape index (κ1) is 33.4. The normalized spacial score (nSPS) is 35.1. The summed E-state index contributed by atoms with van der Waals surface area (Å²) in [6.07, 6.45) is 10.9. The molecule has 8 heteroatoms. The van der Waals surface area contributed by atoms with Gasteiger partial charge in [-0.2, -0.15) is 0 Å². The summed E-state index contributed by atoms with van der Waals surface area (Å²) in [5.41, 5.74) is 2.99. The van der Waals surface area contributed by atoms with Gasteiger partial charge in [-0.05, 0) is 86.9 Å². The molecule has 4 aliphatic rings. The van der Waals surface area contributed by atoms with Gasteiger partial charge in [0.1, 0.15) is 0 Å². The Morgan fingerprint density at radius 1 is 0.976 bits per heavy atom. The molecule has 0 aromatic carbocycles. The van der Waals surface area contributed by atoms with Crippen LogP contribution in [-0.4, -0.2) is 118 Å². The van der Waals surface area contributed by atoms with Crippen LogP contribution in [0.1, 0.15) is 72.1 Å². The maximum atomic E-state index is 13.3. The maximum Gasteiger partial charge on any atom is 0.436 e. The number of amides is 1. The number of aliphatic hydroxyl groups excluding tert-OH is 1. The molecule has 0 bridgehead atoms. The Labute approximate surface area is 256 Å². The fourth-order valence-corrected chi connectivity index (χ4v) is 9.10. The number of carbonyl (C=O) groups excluding carboxylic acids is 1. The Kier molecular flexibility index (Phi) is 10.2. The average Bonchev–Trinajstić information content (AvgIpc) is 3.25. The third-order valence-electron chi connectivity index (χ3n) is 11.7. The van der Waals surface area contributed by atoms with Gasteiger partial charge in [0.05, 0.1) is 73.7 Å². The van der Waals surface area contributed by atoms with Crippen molar-refractivity contribution in [3.8, 4) is 0 Å². The zero-order valence-corrected chi connectivity index (χ0v) is 28.4. The Morgan fingerprint density at radius 3 is 2.38 bits per heavy atom. The molecule has 0 heterocycles. The number of carbonyl (C=O) groups is 1. The van der Waals surface area contributed by atoms with Gasteiger partial charge in [0, 0.05) is 25.6 Å². The number of rotatable bonds is 11. The molecule has 0 spiro atoms. The van der Waals surface area contributed by atoms with Gasteiger partial charge in [0.15, 0.2) is 0 Å². The van der Waals surface area contributed by atoms with Gasteiger partial charge in [0.2, 0.25) is 0 Å². The van der Waals surface area contributed by atoms with E-state index in [1.54, 1.807) is 0 Å². The number of likely N-dealkylation sites (N-methyl/N-ethyl adjacent to an activating group) is 2. The monoisotopic (exact) mass is 589 g/mol. The molecule has 0 aromatic rings. The van der Waals surface area contributed by atoms with Crippen LogP contribution in [0.2, 0.25) is 0 Å². The SMILES string of the molecule is C/C(=N\OC(=O)N(CCNCC[N+](C)(C)C)CC[N+](C)(C)C)[C@H]1CC[C@H]2[C@@H]3CCC4=C[C@H](O)CC[C@]4(C)[C@H]3CC[C@]12C. The van der Waals surface area contributed by atoms with Crippen LogP contribution in [0, 0.1) is 34.5 Å². The Balaban J connectivity index is 1.38. The second-order valence-corrected chi connectivity index (χ2v) is 16.7. The lowest BCUT2D eigenvalue weighted by molar-refractivity contribution is -0.869. The molecule has 0 radical (unpaired) electrons. The number of oxime groups is 1. The number of nitrogens with one attached hydrogen (secondary N) is 1. The highest BCUT2D eigenvalue weighted by Gasteiger charge is 2.59. The third-order valence-corrected chi connectivity index (χ3v) is 11.7. The first-order valence-corrected chi connectivity index (χ1v) is 16.7. The van der Waals surface area contributed by atoms with Gasteiger partial charge in [0.25, 0.3) is 0 Å². The minimum absolute atomic E-state index is 0.214. The maximum absolute atomic E-state index is 13.3. The highest BCUT2D eigenvalue weighted by molar-refractivity contribution is 5.85. The summed E-state index contributed by atoms with van der Waals surface area (Å²) in [5.74, 6) is 2.54. The van der Waals surface area contributed by atoms with Gasteiger partial charge in [-0.15, -0.1) is 0 Å². The first-order valence-electron chi connectivity index (χ1n) is 16.7. The molecule has 0 unspecified atom stereocenters. The summed E-state index contributed by atoms with van der Waals surface area (Å²) in [6.45, 7) is 11.9. The van der Waals surface area contributed by atoms with Crippen LogP contribution in [0.4, 0.5) is 4.79 Å². The molecule has 0 saturated heterocycles. The summed E-state index contributed by atoms with van der Waals surface area (Å²) < 4.78 is 1.71. The molecule has 1 amide bonds. The van der Waals surface area contributed by atoms with Gasteiger partial charge in [-0.3, -0.25) is 9.74 Å². The molecule has 4 aliphatic carbocycles. The van der Waals surface area contributed by atoms with Crippen LogP contribution < -0.4 is 5.32 Å². The highest BCUT2D eigenvalue weighted by atomic mass is 16.7. The Bertz CT molecular complexity index is 1010. The van der Waals surface area contributed by atoms with Crippen molar-refractivity contribution < 1.29 is 23.7 Å². The minimum atomic E-state index is -0.335. The largest absolute Gasteiger partial charge is 0.436 e. The summed E-state index contributed by atoms with van der Waals surface area (Å²) >= 11 is 0. The second-order valence-electron chi connectivity index (χ2n) is 16.7.